The number of benzene rings is 1. The molecule has 7 nitrogen and oxygen atoms in total. The lowest BCUT2D eigenvalue weighted by Gasteiger charge is -2.26. The second-order valence-electron chi connectivity index (χ2n) is 4.87. The van der Waals surface area contributed by atoms with Crippen molar-refractivity contribution in [2.24, 2.45) is 0 Å². The Morgan fingerprint density at radius 3 is 2.50 bits per heavy atom. The third-order valence-electron chi connectivity index (χ3n) is 3.38. The molecule has 0 atom stereocenters. The molecule has 0 spiro atoms. The molecular formula is C14H20ClN3O4. The van der Waals surface area contributed by atoms with Crippen molar-refractivity contribution in [1.82, 2.24) is 10.2 Å². The number of nitro groups is 1. The number of rotatable bonds is 6. The number of carbonyl (C=O) groups is 1. The van der Waals surface area contributed by atoms with Crippen LogP contribution in [0.3, 0.4) is 0 Å². The van der Waals surface area contributed by atoms with Crippen LogP contribution in [0.5, 0.6) is 0 Å². The molecule has 22 heavy (non-hydrogen) atoms. The molecule has 1 amide bonds. The van der Waals surface area contributed by atoms with Gasteiger partial charge in [-0.05, 0) is 25.1 Å². The molecular weight excluding hydrogens is 310 g/mol. The third-order valence-corrected chi connectivity index (χ3v) is 3.38. The quantitative estimate of drug-likeness (QED) is 0.485. The maximum atomic E-state index is 11.9. The number of nitro benzene ring substituents is 1. The van der Waals surface area contributed by atoms with Crippen LogP contribution in [0, 0.1) is 10.1 Å². The molecule has 1 saturated heterocycles. The van der Waals surface area contributed by atoms with Crippen LogP contribution in [0.15, 0.2) is 24.3 Å². The Hall–Kier alpha value is -1.70. The van der Waals surface area contributed by atoms with E-state index in [9.17, 15) is 14.9 Å². The van der Waals surface area contributed by atoms with Gasteiger partial charge in [0.15, 0.2) is 0 Å². The summed E-state index contributed by atoms with van der Waals surface area (Å²) in [7, 11) is 0. The highest BCUT2D eigenvalue weighted by atomic mass is 35.5. The summed E-state index contributed by atoms with van der Waals surface area (Å²) < 4.78 is 5.27. The van der Waals surface area contributed by atoms with Crippen molar-refractivity contribution in [2.75, 3.05) is 39.4 Å². The number of hydrogen-bond acceptors (Lipinski definition) is 5. The summed E-state index contributed by atoms with van der Waals surface area (Å²) in [4.78, 5) is 24.2. The zero-order valence-electron chi connectivity index (χ0n) is 12.2. The van der Waals surface area contributed by atoms with E-state index in [4.69, 9.17) is 4.74 Å². The maximum Gasteiger partial charge on any atom is 0.269 e. The Balaban J connectivity index is 0.00000242. The Morgan fingerprint density at radius 1 is 1.27 bits per heavy atom. The molecule has 0 unspecified atom stereocenters. The number of carbonyl (C=O) groups excluding carboxylic acids is 1. The van der Waals surface area contributed by atoms with E-state index in [1.54, 1.807) is 0 Å². The van der Waals surface area contributed by atoms with Crippen LogP contribution in [0.2, 0.25) is 0 Å². The van der Waals surface area contributed by atoms with Crippen molar-refractivity contribution in [3.8, 4) is 0 Å². The minimum atomic E-state index is -0.482. The Morgan fingerprint density at radius 2 is 1.91 bits per heavy atom. The number of hydrogen-bond donors (Lipinski definition) is 1. The number of nitrogens with one attached hydrogen (secondary N) is 1. The molecule has 8 heteroatoms. The van der Waals surface area contributed by atoms with E-state index in [2.05, 4.69) is 10.2 Å². The van der Waals surface area contributed by atoms with Crippen molar-refractivity contribution in [2.45, 2.75) is 6.42 Å². The number of halogens is 1. The predicted molar refractivity (Wildman–Crippen MR) is 84.6 cm³/mol. The topological polar surface area (TPSA) is 84.7 Å². The highest BCUT2D eigenvalue weighted by Crippen LogP contribution is 2.11. The van der Waals surface area contributed by atoms with E-state index in [1.807, 2.05) is 0 Å². The molecule has 1 aliphatic heterocycles. The largest absolute Gasteiger partial charge is 0.379 e. The summed E-state index contributed by atoms with van der Waals surface area (Å²) in [6, 6.07) is 5.61. The van der Waals surface area contributed by atoms with Gasteiger partial charge in [-0.25, -0.2) is 0 Å². The van der Waals surface area contributed by atoms with E-state index in [-0.39, 0.29) is 24.0 Å². The average Bonchev–Trinajstić information content (AvgIpc) is 2.52. The van der Waals surface area contributed by atoms with Gasteiger partial charge in [-0.1, -0.05) is 0 Å². The molecule has 0 radical (unpaired) electrons. The van der Waals surface area contributed by atoms with Crippen LogP contribution < -0.4 is 5.32 Å². The Kier molecular flexibility index (Phi) is 7.79. The molecule has 1 heterocycles. The van der Waals surface area contributed by atoms with Crippen molar-refractivity contribution in [3.63, 3.8) is 0 Å². The maximum absolute atomic E-state index is 11.9. The predicted octanol–water partition coefficient (Wildman–Crippen LogP) is 1.47. The lowest BCUT2D eigenvalue weighted by molar-refractivity contribution is -0.384. The fraction of sp³-hybridized carbons (Fsp3) is 0.500. The molecule has 0 aromatic heterocycles. The molecule has 1 fully saturated rings. The van der Waals surface area contributed by atoms with Crippen LogP contribution >= 0.6 is 12.4 Å². The monoisotopic (exact) mass is 329 g/mol. The number of non-ortho nitro benzene ring substituents is 1. The Bertz CT molecular complexity index is 489. The van der Waals surface area contributed by atoms with Crippen molar-refractivity contribution in [3.05, 3.63) is 39.9 Å². The fourth-order valence-electron chi connectivity index (χ4n) is 2.17. The summed E-state index contributed by atoms with van der Waals surface area (Å²) in [6.07, 6.45) is 0.874. The van der Waals surface area contributed by atoms with Crippen molar-refractivity contribution >= 4 is 24.0 Å². The van der Waals surface area contributed by atoms with Gasteiger partial charge in [-0.3, -0.25) is 19.8 Å². The van der Waals surface area contributed by atoms with E-state index in [1.165, 1.54) is 24.3 Å². The fourth-order valence-corrected chi connectivity index (χ4v) is 2.17. The first-order valence-corrected chi connectivity index (χ1v) is 6.99. The zero-order chi connectivity index (χ0) is 15.1. The molecule has 1 aromatic carbocycles. The molecule has 0 bridgehead atoms. The van der Waals surface area contributed by atoms with Gasteiger partial charge in [0.05, 0.1) is 18.1 Å². The number of ether oxygens (including phenoxy) is 1. The van der Waals surface area contributed by atoms with Gasteiger partial charge >= 0.3 is 0 Å². The summed E-state index contributed by atoms with van der Waals surface area (Å²) >= 11 is 0. The Labute approximate surface area is 135 Å². The number of morpholine rings is 1. The van der Waals surface area contributed by atoms with Gasteiger partial charge in [0.2, 0.25) is 0 Å². The molecule has 122 valence electrons. The summed E-state index contributed by atoms with van der Waals surface area (Å²) in [5.41, 5.74) is 0.422. The van der Waals surface area contributed by atoms with Gasteiger partial charge in [0.1, 0.15) is 0 Å². The lowest BCUT2D eigenvalue weighted by Crippen LogP contribution is -2.38. The minimum absolute atomic E-state index is 0. The highest BCUT2D eigenvalue weighted by Gasteiger charge is 2.11. The SMILES string of the molecule is Cl.O=C(NCCCN1CCOCC1)c1ccc([N+](=O)[O-])cc1. The third kappa shape index (κ3) is 5.59. The van der Waals surface area contributed by atoms with Crippen molar-refractivity contribution < 1.29 is 14.5 Å². The van der Waals surface area contributed by atoms with E-state index in [0.717, 1.165) is 39.3 Å². The van der Waals surface area contributed by atoms with Crippen LogP contribution in [-0.2, 0) is 4.74 Å². The van der Waals surface area contributed by atoms with Gasteiger partial charge in [-0.15, -0.1) is 12.4 Å². The zero-order valence-corrected chi connectivity index (χ0v) is 13.0. The van der Waals surface area contributed by atoms with E-state index >= 15 is 0 Å². The van der Waals surface area contributed by atoms with Gasteiger partial charge in [0.25, 0.3) is 11.6 Å². The van der Waals surface area contributed by atoms with Crippen molar-refractivity contribution in [1.29, 1.82) is 0 Å². The second-order valence-corrected chi connectivity index (χ2v) is 4.87. The van der Waals surface area contributed by atoms with Gasteiger partial charge in [0, 0.05) is 37.3 Å². The van der Waals surface area contributed by atoms with E-state index in [0.29, 0.717) is 12.1 Å². The standard InChI is InChI=1S/C14H19N3O4.ClH/c18-14(12-2-4-13(5-3-12)17(19)20)15-6-1-7-16-8-10-21-11-9-16;/h2-5H,1,6-11H2,(H,15,18);1H. The molecule has 2 rings (SSSR count). The van der Waals surface area contributed by atoms with Crippen LogP contribution in [0.25, 0.3) is 0 Å². The van der Waals surface area contributed by atoms with Crippen LogP contribution in [0.4, 0.5) is 5.69 Å². The minimum Gasteiger partial charge on any atom is -0.379 e. The van der Waals surface area contributed by atoms with E-state index < -0.39 is 4.92 Å². The first kappa shape index (κ1) is 18.3. The average molecular weight is 330 g/mol. The lowest BCUT2D eigenvalue weighted by atomic mass is 10.2. The number of nitrogens with zero attached hydrogens (tertiary/aromatic N) is 2. The molecule has 1 aromatic rings. The van der Waals surface area contributed by atoms with Gasteiger partial charge in [-0.2, -0.15) is 0 Å². The normalized spacial score (nSPS) is 14.9. The second kappa shape index (κ2) is 9.34. The molecule has 1 N–H and O–H groups in total. The van der Waals surface area contributed by atoms with Crippen LogP contribution in [-0.4, -0.2) is 55.1 Å². The smallest absolute Gasteiger partial charge is 0.269 e. The first-order valence-electron chi connectivity index (χ1n) is 6.99. The molecule has 0 saturated carbocycles. The molecule has 0 aliphatic carbocycles. The molecule has 1 aliphatic rings. The summed E-state index contributed by atoms with van der Waals surface area (Å²) in [6.45, 7) is 4.95. The van der Waals surface area contributed by atoms with Gasteiger partial charge < -0.3 is 10.1 Å². The summed E-state index contributed by atoms with van der Waals surface area (Å²) in [5.74, 6) is -0.202. The number of amides is 1. The first-order chi connectivity index (χ1) is 10.2. The highest BCUT2D eigenvalue weighted by molar-refractivity contribution is 5.94. The summed E-state index contributed by atoms with van der Waals surface area (Å²) in [5, 5.41) is 13.4. The van der Waals surface area contributed by atoms with Crippen LogP contribution in [0.1, 0.15) is 16.8 Å².